The van der Waals surface area contributed by atoms with E-state index in [-0.39, 0.29) is 29.8 Å². The fourth-order valence-electron chi connectivity index (χ4n) is 2.72. The molecule has 0 aromatic carbocycles. The first-order chi connectivity index (χ1) is 8.09. The molecule has 2 N–H and O–H groups in total. The Morgan fingerprint density at radius 1 is 1.44 bits per heavy atom. The van der Waals surface area contributed by atoms with E-state index in [1.807, 2.05) is 0 Å². The predicted octanol–water partition coefficient (Wildman–Crippen LogP) is 1.48. The molecule has 2 saturated heterocycles. The van der Waals surface area contributed by atoms with E-state index in [2.05, 4.69) is 24.5 Å². The predicted molar refractivity (Wildman–Crippen MR) is 74.0 cm³/mol. The highest BCUT2D eigenvalue weighted by Gasteiger charge is 2.33. The van der Waals surface area contributed by atoms with E-state index < -0.39 is 0 Å². The van der Waals surface area contributed by atoms with Crippen molar-refractivity contribution in [3.8, 4) is 0 Å². The molecule has 0 spiro atoms. The van der Waals surface area contributed by atoms with Gasteiger partial charge in [-0.3, -0.25) is 4.79 Å². The minimum Gasteiger partial charge on any atom is -0.368 e. The van der Waals surface area contributed by atoms with E-state index in [9.17, 15) is 4.79 Å². The van der Waals surface area contributed by atoms with Crippen LogP contribution in [0.5, 0.6) is 0 Å². The summed E-state index contributed by atoms with van der Waals surface area (Å²) in [6.45, 7) is 7.03. The van der Waals surface area contributed by atoms with Gasteiger partial charge in [0.15, 0.2) is 0 Å². The van der Waals surface area contributed by atoms with Gasteiger partial charge in [-0.1, -0.05) is 13.8 Å². The summed E-state index contributed by atoms with van der Waals surface area (Å²) in [5.74, 6) is 0.0608. The summed E-state index contributed by atoms with van der Waals surface area (Å²) in [5.41, 5.74) is 0.266. The lowest BCUT2D eigenvalue weighted by atomic mass is 9.77. The molecule has 2 atom stereocenters. The van der Waals surface area contributed by atoms with Gasteiger partial charge in [-0.25, -0.2) is 0 Å². The number of piperidine rings is 1. The van der Waals surface area contributed by atoms with Gasteiger partial charge in [0, 0.05) is 19.2 Å². The third-order valence-corrected chi connectivity index (χ3v) is 4.03. The highest BCUT2D eigenvalue weighted by molar-refractivity contribution is 5.85. The Labute approximate surface area is 116 Å². The number of amides is 1. The quantitative estimate of drug-likeness (QED) is 0.821. The number of hydrogen-bond acceptors (Lipinski definition) is 3. The molecule has 2 rings (SSSR count). The normalized spacial score (nSPS) is 30.6. The number of ether oxygens (including phenoxy) is 1. The summed E-state index contributed by atoms with van der Waals surface area (Å²) in [5, 5.41) is 6.52. The third kappa shape index (κ3) is 3.84. The van der Waals surface area contributed by atoms with Gasteiger partial charge in [0.25, 0.3) is 0 Å². The number of halogens is 1. The molecule has 0 radical (unpaired) electrons. The first-order valence-corrected chi connectivity index (χ1v) is 6.72. The van der Waals surface area contributed by atoms with Gasteiger partial charge in [0.05, 0.1) is 0 Å². The molecule has 2 aliphatic heterocycles. The van der Waals surface area contributed by atoms with Crippen LogP contribution in [0.2, 0.25) is 0 Å². The largest absolute Gasteiger partial charge is 0.368 e. The molecule has 1 unspecified atom stereocenters. The van der Waals surface area contributed by atoms with Crippen LogP contribution in [0.25, 0.3) is 0 Å². The van der Waals surface area contributed by atoms with Crippen LogP contribution in [-0.4, -0.2) is 37.7 Å². The average Bonchev–Trinajstić information content (AvgIpc) is 2.80. The van der Waals surface area contributed by atoms with Crippen LogP contribution in [0.15, 0.2) is 0 Å². The number of hydrogen-bond donors (Lipinski definition) is 2. The summed E-state index contributed by atoms with van der Waals surface area (Å²) >= 11 is 0. The summed E-state index contributed by atoms with van der Waals surface area (Å²) < 4.78 is 5.37. The van der Waals surface area contributed by atoms with Crippen LogP contribution in [0.3, 0.4) is 0 Å². The fraction of sp³-hybridized carbons (Fsp3) is 0.923. The molecule has 1 amide bonds. The minimum absolute atomic E-state index is 0. The van der Waals surface area contributed by atoms with E-state index >= 15 is 0 Å². The van der Waals surface area contributed by atoms with Crippen LogP contribution < -0.4 is 10.6 Å². The zero-order chi connectivity index (χ0) is 12.3. The zero-order valence-corrected chi connectivity index (χ0v) is 12.1. The first-order valence-electron chi connectivity index (χ1n) is 6.72. The lowest BCUT2D eigenvalue weighted by Crippen LogP contribution is -2.53. The molecule has 18 heavy (non-hydrogen) atoms. The number of carbonyl (C=O) groups is 1. The molecule has 0 saturated carbocycles. The van der Waals surface area contributed by atoms with Crippen molar-refractivity contribution in [3.63, 3.8) is 0 Å². The Balaban J connectivity index is 0.00000162. The van der Waals surface area contributed by atoms with Gasteiger partial charge in [0.2, 0.25) is 5.91 Å². The van der Waals surface area contributed by atoms with Crippen molar-refractivity contribution in [2.75, 3.05) is 19.7 Å². The SMILES string of the molecule is CC1(C)CCCNC1CNC(=O)[C@@H]1CCCO1.Cl. The Morgan fingerprint density at radius 3 is 2.83 bits per heavy atom. The lowest BCUT2D eigenvalue weighted by molar-refractivity contribution is -0.130. The van der Waals surface area contributed by atoms with Crippen LogP contribution in [0.4, 0.5) is 0 Å². The minimum atomic E-state index is -0.207. The van der Waals surface area contributed by atoms with E-state index in [0.29, 0.717) is 12.6 Å². The Kier molecular flexibility index (Phi) is 5.89. The second kappa shape index (κ2) is 6.73. The molecule has 2 fully saturated rings. The first kappa shape index (κ1) is 15.7. The zero-order valence-electron chi connectivity index (χ0n) is 11.3. The maximum absolute atomic E-state index is 11.8. The molecule has 0 aliphatic carbocycles. The van der Waals surface area contributed by atoms with Gasteiger partial charge in [-0.2, -0.15) is 0 Å². The molecule has 106 valence electrons. The number of nitrogens with one attached hydrogen (secondary N) is 2. The van der Waals surface area contributed by atoms with E-state index in [0.717, 1.165) is 26.0 Å². The Morgan fingerprint density at radius 2 is 2.22 bits per heavy atom. The van der Waals surface area contributed by atoms with Crippen molar-refractivity contribution in [2.45, 2.75) is 51.7 Å². The van der Waals surface area contributed by atoms with E-state index in [4.69, 9.17) is 4.74 Å². The van der Waals surface area contributed by atoms with Gasteiger partial charge >= 0.3 is 0 Å². The molecule has 0 bridgehead atoms. The molecular weight excluding hydrogens is 252 g/mol. The standard InChI is InChI=1S/C13H24N2O2.ClH/c1-13(2)6-4-7-14-11(13)9-15-12(16)10-5-3-8-17-10;/h10-11,14H,3-9H2,1-2H3,(H,15,16);1H/t10-,11?;/m0./s1. The highest BCUT2D eigenvalue weighted by Crippen LogP contribution is 2.29. The van der Waals surface area contributed by atoms with E-state index in [1.54, 1.807) is 0 Å². The number of rotatable bonds is 3. The molecular formula is C13H25ClN2O2. The summed E-state index contributed by atoms with van der Waals surface area (Å²) in [4.78, 5) is 11.8. The average molecular weight is 277 g/mol. The second-order valence-electron chi connectivity index (χ2n) is 5.85. The van der Waals surface area contributed by atoms with Crippen molar-refractivity contribution in [1.29, 1.82) is 0 Å². The molecule has 0 aromatic rings. The van der Waals surface area contributed by atoms with Gasteiger partial charge in [-0.15, -0.1) is 12.4 Å². The second-order valence-corrected chi connectivity index (χ2v) is 5.85. The van der Waals surface area contributed by atoms with Crippen molar-refractivity contribution in [2.24, 2.45) is 5.41 Å². The van der Waals surface area contributed by atoms with Crippen molar-refractivity contribution in [3.05, 3.63) is 0 Å². The molecule has 5 heteroatoms. The molecule has 0 aromatic heterocycles. The van der Waals surface area contributed by atoms with Gasteiger partial charge in [0.1, 0.15) is 6.10 Å². The van der Waals surface area contributed by atoms with Crippen molar-refractivity contribution < 1.29 is 9.53 Å². The fourth-order valence-corrected chi connectivity index (χ4v) is 2.72. The smallest absolute Gasteiger partial charge is 0.249 e. The monoisotopic (exact) mass is 276 g/mol. The van der Waals surface area contributed by atoms with Gasteiger partial charge in [-0.05, 0) is 37.6 Å². The summed E-state index contributed by atoms with van der Waals surface area (Å²) in [6.07, 6.45) is 4.11. The Hall–Kier alpha value is -0.320. The molecule has 2 aliphatic rings. The van der Waals surface area contributed by atoms with Crippen molar-refractivity contribution in [1.82, 2.24) is 10.6 Å². The van der Waals surface area contributed by atoms with Gasteiger partial charge < -0.3 is 15.4 Å². The maximum atomic E-state index is 11.8. The molecule has 2 heterocycles. The van der Waals surface area contributed by atoms with Crippen LogP contribution in [0.1, 0.15) is 39.5 Å². The molecule has 4 nitrogen and oxygen atoms in total. The van der Waals surface area contributed by atoms with Crippen molar-refractivity contribution >= 4 is 18.3 Å². The number of carbonyl (C=O) groups excluding carboxylic acids is 1. The summed E-state index contributed by atoms with van der Waals surface area (Å²) in [7, 11) is 0. The van der Waals surface area contributed by atoms with Crippen LogP contribution in [-0.2, 0) is 9.53 Å². The maximum Gasteiger partial charge on any atom is 0.249 e. The Bertz CT molecular complexity index is 278. The van der Waals surface area contributed by atoms with Crippen LogP contribution in [0, 0.1) is 5.41 Å². The van der Waals surface area contributed by atoms with Crippen LogP contribution >= 0.6 is 12.4 Å². The third-order valence-electron chi connectivity index (χ3n) is 4.03. The topological polar surface area (TPSA) is 50.4 Å². The van der Waals surface area contributed by atoms with E-state index in [1.165, 1.54) is 12.8 Å². The summed E-state index contributed by atoms with van der Waals surface area (Å²) in [6, 6.07) is 0.376. The lowest BCUT2D eigenvalue weighted by Gasteiger charge is -2.39. The highest BCUT2D eigenvalue weighted by atomic mass is 35.5.